The topological polar surface area (TPSA) is 67.8 Å². The zero-order chi connectivity index (χ0) is 21.5. The Morgan fingerprint density at radius 3 is 2.37 bits per heavy atom. The Morgan fingerprint density at radius 1 is 0.933 bits per heavy atom. The fourth-order valence-electron chi connectivity index (χ4n) is 2.78. The van der Waals surface area contributed by atoms with Gasteiger partial charge in [-0.2, -0.15) is 0 Å². The highest BCUT2D eigenvalue weighted by Crippen LogP contribution is 2.30. The summed E-state index contributed by atoms with van der Waals surface area (Å²) in [5.74, 6) is 0.271. The molecule has 3 aromatic rings. The van der Waals surface area contributed by atoms with Crippen LogP contribution in [0.15, 0.2) is 60.7 Å². The van der Waals surface area contributed by atoms with Crippen molar-refractivity contribution in [3.63, 3.8) is 0 Å². The molecule has 0 aliphatic rings. The van der Waals surface area contributed by atoms with E-state index in [1.807, 2.05) is 49.4 Å². The Kier molecular flexibility index (Phi) is 7.44. The number of nitrogens with one attached hydrogen (secondary N) is 1. The van der Waals surface area contributed by atoms with Gasteiger partial charge in [0.2, 0.25) is 0 Å². The van der Waals surface area contributed by atoms with Crippen molar-refractivity contribution in [1.29, 1.82) is 0 Å². The molecule has 0 heterocycles. The smallest absolute Gasteiger partial charge is 0.335 e. The van der Waals surface area contributed by atoms with Crippen LogP contribution in [0.5, 0.6) is 11.5 Å². The number of aromatic carboxylic acids is 1. The SMILES string of the molecule is CCOc1cc(CNc2cc(C(=O)O)ccc2Cl)ccc1OCc1ccc(Cl)cc1. The summed E-state index contributed by atoms with van der Waals surface area (Å²) in [6.07, 6.45) is 0. The quantitative estimate of drug-likeness (QED) is 0.405. The standard InChI is InChI=1S/C23H21Cl2NO4/c1-2-29-22-11-16(13-26-20-12-17(23(27)28)6-9-19(20)25)5-10-21(22)30-14-15-3-7-18(24)8-4-15/h3-12,26H,2,13-14H2,1H3,(H,27,28). The minimum Gasteiger partial charge on any atom is -0.490 e. The van der Waals surface area contributed by atoms with Crippen LogP contribution in [0.25, 0.3) is 0 Å². The maximum absolute atomic E-state index is 11.2. The number of carbonyl (C=O) groups is 1. The molecule has 0 unspecified atom stereocenters. The Morgan fingerprint density at radius 2 is 1.67 bits per heavy atom. The third-order valence-electron chi connectivity index (χ3n) is 4.31. The Bertz CT molecular complexity index is 1020. The number of ether oxygens (including phenoxy) is 2. The summed E-state index contributed by atoms with van der Waals surface area (Å²) in [6, 6.07) is 17.7. The van der Waals surface area contributed by atoms with Crippen LogP contribution in [0, 0.1) is 0 Å². The van der Waals surface area contributed by atoms with Crippen LogP contribution in [-0.4, -0.2) is 17.7 Å². The number of carboxylic acids is 1. The van der Waals surface area contributed by atoms with Crippen LogP contribution in [0.2, 0.25) is 10.0 Å². The highest BCUT2D eigenvalue weighted by molar-refractivity contribution is 6.33. The summed E-state index contributed by atoms with van der Waals surface area (Å²) in [5, 5.41) is 13.5. The van der Waals surface area contributed by atoms with Crippen molar-refractivity contribution in [3.8, 4) is 11.5 Å². The van der Waals surface area contributed by atoms with E-state index in [-0.39, 0.29) is 5.56 Å². The lowest BCUT2D eigenvalue weighted by molar-refractivity contribution is 0.0697. The third-order valence-corrected chi connectivity index (χ3v) is 4.89. The van der Waals surface area contributed by atoms with E-state index in [1.54, 1.807) is 6.07 Å². The summed E-state index contributed by atoms with van der Waals surface area (Å²) >= 11 is 12.1. The van der Waals surface area contributed by atoms with Crippen molar-refractivity contribution in [2.24, 2.45) is 0 Å². The van der Waals surface area contributed by atoms with Gasteiger partial charge >= 0.3 is 5.97 Å². The molecule has 0 spiro atoms. The molecular weight excluding hydrogens is 425 g/mol. The lowest BCUT2D eigenvalue weighted by Crippen LogP contribution is -2.04. The number of halogens is 2. The molecule has 0 saturated heterocycles. The second-order valence-corrected chi connectivity index (χ2v) is 7.33. The van der Waals surface area contributed by atoms with Crippen LogP contribution in [0.4, 0.5) is 5.69 Å². The molecule has 0 radical (unpaired) electrons. The molecule has 0 atom stereocenters. The van der Waals surface area contributed by atoms with E-state index in [1.165, 1.54) is 12.1 Å². The number of anilines is 1. The van der Waals surface area contributed by atoms with Gasteiger partial charge in [0.15, 0.2) is 11.5 Å². The molecule has 0 aliphatic heterocycles. The zero-order valence-corrected chi connectivity index (χ0v) is 17.8. The summed E-state index contributed by atoms with van der Waals surface area (Å²) in [7, 11) is 0. The molecule has 2 N–H and O–H groups in total. The molecule has 0 aromatic heterocycles. The van der Waals surface area contributed by atoms with Crippen molar-refractivity contribution in [3.05, 3.63) is 87.4 Å². The van der Waals surface area contributed by atoms with Gasteiger partial charge in [-0.05, 0) is 60.5 Å². The Balaban J connectivity index is 1.70. The van der Waals surface area contributed by atoms with E-state index in [4.69, 9.17) is 37.8 Å². The number of rotatable bonds is 9. The second-order valence-electron chi connectivity index (χ2n) is 6.48. The van der Waals surface area contributed by atoms with E-state index in [0.717, 1.165) is 11.1 Å². The average molecular weight is 446 g/mol. The van der Waals surface area contributed by atoms with Crippen LogP contribution < -0.4 is 14.8 Å². The first kappa shape index (κ1) is 21.8. The Hall–Kier alpha value is -2.89. The summed E-state index contributed by atoms with van der Waals surface area (Å²) < 4.78 is 11.7. The molecule has 5 nitrogen and oxygen atoms in total. The maximum Gasteiger partial charge on any atom is 0.335 e. The summed E-state index contributed by atoms with van der Waals surface area (Å²) in [5.41, 5.74) is 2.66. The molecule has 0 amide bonds. The number of hydrogen-bond donors (Lipinski definition) is 2. The predicted molar refractivity (Wildman–Crippen MR) is 119 cm³/mol. The van der Waals surface area contributed by atoms with Gasteiger partial charge in [-0.3, -0.25) is 0 Å². The third kappa shape index (κ3) is 5.81. The molecule has 30 heavy (non-hydrogen) atoms. The first-order valence-electron chi connectivity index (χ1n) is 9.36. The molecule has 0 bridgehead atoms. The molecule has 3 aromatic carbocycles. The van der Waals surface area contributed by atoms with E-state index in [2.05, 4.69) is 5.32 Å². The maximum atomic E-state index is 11.2. The Labute approximate surface area is 185 Å². The number of benzene rings is 3. The highest BCUT2D eigenvalue weighted by Gasteiger charge is 2.10. The fourth-order valence-corrected chi connectivity index (χ4v) is 3.09. The van der Waals surface area contributed by atoms with Crippen LogP contribution in [0.1, 0.15) is 28.4 Å². The minimum absolute atomic E-state index is 0.169. The lowest BCUT2D eigenvalue weighted by atomic mass is 10.1. The van der Waals surface area contributed by atoms with Gasteiger partial charge in [-0.25, -0.2) is 4.79 Å². The molecule has 7 heteroatoms. The first-order valence-corrected chi connectivity index (χ1v) is 10.1. The lowest BCUT2D eigenvalue weighted by Gasteiger charge is -2.15. The fraction of sp³-hybridized carbons (Fsp3) is 0.174. The molecule has 0 aliphatic carbocycles. The van der Waals surface area contributed by atoms with E-state index >= 15 is 0 Å². The van der Waals surface area contributed by atoms with Gasteiger partial charge in [-0.1, -0.05) is 41.4 Å². The minimum atomic E-state index is -1.00. The van der Waals surface area contributed by atoms with Crippen LogP contribution >= 0.6 is 23.2 Å². The molecule has 156 valence electrons. The van der Waals surface area contributed by atoms with Gasteiger partial charge in [0.1, 0.15) is 6.61 Å². The summed E-state index contributed by atoms with van der Waals surface area (Å²) in [4.78, 5) is 11.2. The molecular formula is C23H21Cl2NO4. The van der Waals surface area contributed by atoms with Crippen molar-refractivity contribution < 1.29 is 19.4 Å². The van der Waals surface area contributed by atoms with Crippen LogP contribution in [0.3, 0.4) is 0 Å². The van der Waals surface area contributed by atoms with Crippen molar-refractivity contribution >= 4 is 34.9 Å². The van der Waals surface area contributed by atoms with Gasteiger partial charge in [0.25, 0.3) is 0 Å². The van der Waals surface area contributed by atoms with Gasteiger partial charge in [0.05, 0.1) is 22.9 Å². The second kappa shape index (κ2) is 10.2. The van der Waals surface area contributed by atoms with E-state index in [9.17, 15) is 4.79 Å². The molecule has 0 saturated carbocycles. The van der Waals surface area contributed by atoms with Crippen molar-refractivity contribution in [2.75, 3.05) is 11.9 Å². The van der Waals surface area contributed by atoms with E-state index < -0.39 is 5.97 Å². The molecule has 0 fully saturated rings. The summed E-state index contributed by atoms with van der Waals surface area (Å²) in [6.45, 7) is 3.25. The van der Waals surface area contributed by atoms with Crippen molar-refractivity contribution in [1.82, 2.24) is 0 Å². The monoisotopic (exact) mass is 445 g/mol. The predicted octanol–water partition coefficient (Wildman–Crippen LogP) is 6.28. The highest BCUT2D eigenvalue weighted by atomic mass is 35.5. The van der Waals surface area contributed by atoms with Crippen molar-refractivity contribution in [2.45, 2.75) is 20.1 Å². The molecule has 3 rings (SSSR count). The number of hydrogen-bond acceptors (Lipinski definition) is 4. The largest absolute Gasteiger partial charge is 0.490 e. The van der Waals surface area contributed by atoms with Crippen LogP contribution in [-0.2, 0) is 13.2 Å². The van der Waals surface area contributed by atoms with Gasteiger partial charge < -0.3 is 19.9 Å². The first-order chi connectivity index (χ1) is 14.5. The normalized spacial score (nSPS) is 10.5. The average Bonchev–Trinajstić information content (AvgIpc) is 2.73. The van der Waals surface area contributed by atoms with Gasteiger partial charge in [0, 0.05) is 11.6 Å². The van der Waals surface area contributed by atoms with Gasteiger partial charge in [-0.15, -0.1) is 0 Å². The van der Waals surface area contributed by atoms with E-state index in [0.29, 0.717) is 47.0 Å². The number of carboxylic acid groups (broad SMARTS) is 1. The zero-order valence-electron chi connectivity index (χ0n) is 16.3.